The first kappa shape index (κ1) is 13.3. The molecule has 6 heteroatoms. The maximum atomic E-state index is 4.50. The van der Waals surface area contributed by atoms with Crippen LogP contribution >= 0.6 is 27.3 Å². The minimum atomic E-state index is 0.624. The van der Waals surface area contributed by atoms with Crippen molar-refractivity contribution in [3.63, 3.8) is 0 Å². The molecule has 1 aromatic carbocycles. The Bertz CT molecular complexity index is 741. The summed E-state index contributed by atoms with van der Waals surface area (Å²) in [5.74, 6) is 1.48. The van der Waals surface area contributed by atoms with Crippen molar-refractivity contribution in [2.45, 2.75) is 6.54 Å². The quantitative estimate of drug-likeness (QED) is 0.744. The van der Waals surface area contributed by atoms with Crippen LogP contribution in [-0.4, -0.2) is 17.0 Å². The van der Waals surface area contributed by atoms with Crippen molar-refractivity contribution in [1.29, 1.82) is 0 Å². The predicted molar refractivity (Wildman–Crippen MR) is 88.4 cm³/mol. The minimum absolute atomic E-state index is 0.624. The molecule has 2 N–H and O–H groups in total. The number of rotatable bonds is 4. The van der Waals surface area contributed by atoms with Gasteiger partial charge in [0.1, 0.15) is 5.82 Å². The van der Waals surface area contributed by atoms with E-state index in [0.717, 1.165) is 27.1 Å². The number of hydrogen-bond donors (Lipinski definition) is 2. The van der Waals surface area contributed by atoms with Crippen LogP contribution in [0, 0.1) is 0 Å². The Morgan fingerprint density at radius 1 is 1.15 bits per heavy atom. The molecule has 3 aromatic rings. The molecule has 0 aliphatic rings. The second-order valence-electron chi connectivity index (χ2n) is 4.22. The fraction of sp³-hybridized carbons (Fsp3) is 0.143. The molecular formula is C14H13BrN4S. The Balaban J connectivity index is 1.93. The Kier molecular flexibility index (Phi) is 3.84. The number of benzene rings is 1. The molecule has 0 fully saturated rings. The van der Waals surface area contributed by atoms with Gasteiger partial charge in [-0.1, -0.05) is 12.1 Å². The van der Waals surface area contributed by atoms with Gasteiger partial charge in [0.05, 0.1) is 15.8 Å². The minimum Gasteiger partial charge on any atom is -0.364 e. The molecule has 2 heterocycles. The van der Waals surface area contributed by atoms with E-state index in [2.05, 4.69) is 48.7 Å². The summed E-state index contributed by atoms with van der Waals surface area (Å²) in [5.41, 5.74) is 0.932. The Morgan fingerprint density at radius 3 is 2.75 bits per heavy atom. The molecule has 20 heavy (non-hydrogen) atoms. The molecule has 0 unspecified atom stereocenters. The van der Waals surface area contributed by atoms with Gasteiger partial charge < -0.3 is 10.6 Å². The molecular weight excluding hydrogens is 336 g/mol. The highest BCUT2D eigenvalue weighted by Gasteiger charge is 2.07. The number of fused-ring (bicyclic) bond motifs is 1. The number of hydrogen-bond acceptors (Lipinski definition) is 5. The van der Waals surface area contributed by atoms with Gasteiger partial charge >= 0.3 is 0 Å². The third-order valence-electron chi connectivity index (χ3n) is 2.89. The van der Waals surface area contributed by atoms with E-state index in [1.807, 2.05) is 31.3 Å². The molecule has 0 aliphatic heterocycles. The lowest BCUT2D eigenvalue weighted by atomic mass is 10.2. The van der Waals surface area contributed by atoms with Gasteiger partial charge in [0.25, 0.3) is 0 Å². The first-order chi connectivity index (χ1) is 9.76. The van der Waals surface area contributed by atoms with Crippen molar-refractivity contribution in [3.8, 4) is 0 Å². The van der Waals surface area contributed by atoms with Crippen molar-refractivity contribution in [3.05, 3.63) is 45.1 Å². The molecule has 0 aliphatic carbocycles. The summed E-state index contributed by atoms with van der Waals surface area (Å²) in [4.78, 5) is 10.2. The smallest absolute Gasteiger partial charge is 0.224 e. The van der Waals surface area contributed by atoms with Crippen LogP contribution in [-0.2, 0) is 6.54 Å². The fourth-order valence-electron chi connectivity index (χ4n) is 1.94. The van der Waals surface area contributed by atoms with Crippen LogP contribution in [0.4, 0.5) is 11.8 Å². The highest BCUT2D eigenvalue weighted by molar-refractivity contribution is 9.11. The van der Waals surface area contributed by atoms with E-state index >= 15 is 0 Å². The SMILES string of the molecule is CNc1nc(NCc2ccc(Br)s2)c2ccccc2n1. The van der Waals surface area contributed by atoms with Gasteiger partial charge in [0.2, 0.25) is 5.95 Å². The van der Waals surface area contributed by atoms with E-state index in [0.29, 0.717) is 5.95 Å². The van der Waals surface area contributed by atoms with Crippen molar-refractivity contribution in [2.75, 3.05) is 17.7 Å². The number of anilines is 2. The molecule has 0 radical (unpaired) electrons. The predicted octanol–water partition coefficient (Wildman–Crippen LogP) is 4.11. The van der Waals surface area contributed by atoms with E-state index in [-0.39, 0.29) is 0 Å². The van der Waals surface area contributed by atoms with Crippen molar-refractivity contribution < 1.29 is 0 Å². The third-order valence-corrected chi connectivity index (χ3v) is 4.51. The largest absolute Gasteiger partial charge is 0.364 e. The van der Waals surface area contributed by atoms with Crippen molar-refractivity contribution in [2.24, 2.45) is 0 Å². The average molecular weight is 349 g/mol. The second kappa shape index (κ2) is 5.76. The Labute approximate surface area is 129 Å². The van der Waals surface area contributed by atoms with Gasteiger partial charge in [-0.05, 0) is 40.2 Å². The molecule has 0 saturated carbocycles. The fourth-order valence-corrected chi connectivity index (χ4v) is 3.36. The molecule has 3 rings (SSSR count). The standard InChI is InChI=1S/C14H13BrN4S/c1-16-14-18-11-5-3-2-4-10(11)13(19-14)17-8-9-6-7-12(15)20-9/h2-7H,8H2,1H3,(H2,16,17,18,19). The number of nitrogens with zero attached hydrogens (tertiary/aromatic N) is 2. The van der Waals surface area contributed by atoms with Crippen LogP contribution in [0.5, 0.6) is 0 Å². The van der Waals surface area contributed by atoms with Gasteiger partial charge in [-0.15, -0.1) is 11.3 Å². The van der Waals surface area contributed by atoms with Crippen LogP contribution in [0.25, 0.3) is 10.9 Å². The summed E-state index contributed by atoms with van der Waals surface area (Å²) in [6.07, 6.45) is 0. The molecule has 2 aromatic heterocycles. The van der Waals surface area contributed by atoms with Gasteiger partial charge in [0, 0.05) is 17.3 Å². The summed E-state index contributed by atoms with van der Waals surface area (Å²) in [5, 5.41) is 7.41. The summed E-state index contributed by atoms with van der Waals surface area (Å²) in [6.45, 7) is 0.750. The maximum absolute atomic E-state index is 4.50. The van der Waals surface area contributed by atoms with Gasteiger partial charge in [0.15, 0.2) is 0 Å². The summed E-state index contributed by atoms with van der Waals surface area (Å²) in [7, 11) is 1.82. The first-order valence-electron chi connectivity index (χ1n) is 6.19. The monoisotopic (exact) mass is 348 g/mol. The summed E-state index contributed by atoms with van der Waals surface area (Å²) >= 11 is 5.19. The summed E-state index contributed by atoms with van der Waals surface area (Å²) < 4.78 is 1.14. The molecule has 102 valence electrons. The van der Waals surface area contributed by atoms with Crippen LogP contribution < -0.4 is 10.6 Å². The van der Waals surface area contributed by atoms with Crippen LogP contribution in [0.3, 0.4) is 0 Å². The maximum Gasteiger partial charge on any atom is 0.224 e. The van der Waals surface area contributed by atoms with E-state index in [4.69, 9.17) is 0 Å². The van der Waals surface area contributed by atoms with Gasteiger partial charge in [-0.25, -0.2) is 4.98 Å². The van der Waals surface area contributed by atoms with E-state index < -0.39 is 0 Å². The Morgan fingerprint density at radius 2 is 2.00 bits per heavy atom. The number of thiophene rings is 1. The lowest BCUT2D eigenvalue weighted by molar-refractivity contribution is 1.12. The van der Waals surface area contributed by atoms with Crippen LogP contribution in [0.1, 0.15) is 4.88 Å². The molecule has 0 saturated heterocycles. The summed E-state index contributed by atoms with van der Waals surface area (Å²) in [6, 6.07) is 12.2. The second-order valence-corrected chi connectivity index (χ2v) is 6.77. The van der Waals surface area contributed by atoms with Crippen molar-refractivity contribution >= 4 is 49.9 Å². The molecule has 4 nitrogen and oxygen atoms in total. The number of nitrogens with one attached hydrogen (secondary N) is 2. The van der Waals surface area contributed by atoms with Crippen LogP contribution in [0.15, 0.2) is 40.2 Å². The normalized spacial score (nSPS) is 10.7. The van der Waals surface area contributed by atoms with Gasteiger partial charge in [-0.3, -0.25) is 0 Å². The average Bonchev–Trinajstić information content (AvgIpc) is 2.90. The zero-order valence-electron chi connectivity index (χ0n) is 10.9. The lowest BCUT2D eigenvalue weighted by Crippen LogP contribution is -2.04. The highest BCUT2D eigenvalue weighted by atomic mass is 79.9. The molecule has 0 spiro atoms. The molecule has 0 bridgehead atoms. The number of halogens is 1. The first-order valence-corrected chi connectivity index (χ1v) is 7.80. The zero-order chi connectivity index (χ0) is 13.9. The molecule has 0 amide bonds. The molecule has 0 atom stereocenters. The van der Waals surface area contributed by atoms with E-state index in [1.54, 1.807) is 11.3 Å². The lowest BCUT2D eigenvalue weighted by Gasteiger charge is -2.09. The van der Waals surface area contributed by atoms with Crippen LogP contribution in [0.2, 0.25) is 0 Å². The van der Waals surface area contributed by atoms with E-state index in [9.17, 15) is 0 Å². The van der Waals surface area contributed by atoms with E-state index in [1.165, 1.54) is 4.88 Å². The number of para-hydroxylation sites is 1. The Hall–Kier alpha value is -1.66. The number of aromatic nitrogens is 2. The zero-order valence-corrected chi connectivity index (χ0v) is 13.3. The van der Waals surface area contributed by atoms with Crippen molar-refractivity contribution in [1.82, 2.24) is 9.97 Å². The topological polar surface area (TPSA) is 49.8 Å². The van der Waals surface area contributed by atoms with Gasteiger partial charge in [-0.2, -0.15) is 4.98 Å². The third kappa shape index (κ3) is 2.76. The highest BCUT2D eigenvalue weighted by Crippen LogP contribution is 2.25.